The Labute approximate surface area is 169 Å². The Balaban J connectivity index is 1.81. The highest BCUT2D eigenvalue weighted by Gasteiger charge is 2.67. The molecule has 4 rings (SSSR count). The Morgan fingerprint density at radius 3 is 2.07 bits per heavy atom. The monoisotopic (exact) mass is 392 g/mol. The molecule has 0 radical (unpaired) electrons. The number of methoxy groups -OCH3 is 1. The second kappa shape index (κ2) is 6.81. The molecule has 2 aliphatic rings. The standard InChI is InChI=1S/C23H24N2O4/c1-13-5-9-15(10-6-13)19-17-18(23(3,24-19)22(28)29-4)21(27)25(20(17)26)16-11-7-14(2)8-12-16/h5-12,17-19,24H,1-4H3. The lowest BCUT2D eigenvalue weighted by Gasteiger charge is -2.28. The molecule has 2 aliphatic heterocycles. The van der Waals surface area contributed by atoms with Crippen molar-refractivity contribution < 1.29 is 19.1 Å². The number of carbonyl (C=O) groups excluding carboxylic acids is 3. The molecule has 29 heavy (non-hydrogen) atoms. The molecule has 2 saturated heterocycles. The number of esters is 1. The van der Waals surface area contributed by atoms with E-state index in [0.29, 0.717) is 5.69 Å². The molecule has 150 valence electrons. The summed E-state index contributed by atoms with van der Waals surface area (Å²) in [6.07, 6.45) is 0. The Morgan fingerprint density at radius 1 is 0.966 bits per heavy atom. The molecule has 0 bridgehead atoms. The summed E-state index contributed by atoms with van der Waals surface area (Å²) in [5, 5.41) is 3.25. The fourth-order valence-corrected chi connectivity index (χ4v) is 4.55. The number of ether oxygens (including phenoxy) is 1. The smallest absolute Gasteiger partial charge is 0.326 e. The van der Waals surface area contributed by atoms with Crippen LogP contribution >= 0.6 is 0 Å². The number of imide groups is 1. The number of rotatable bonds is 3. The minimum Gasteiger partial charge on any atom is -0.468 e. The molecular weight excluding hydrogens is 368 g/mol. The molecule has 2 aromatic carbocycles. The molecule has 6 nitrogen and oxygen atoms in total. The lowest BCUT2D eigenvalue weighted by atomic mass is 9.80. The molecular formula is C23H24N2O4. The Bertz CT molecular complexity index is 983. The highest BCUT2D eigenvalue weighted by Crippen LogP contribution is 2.49. The first-order valence-corrected chi connectivity index (χ1v) is 9.65. The quantitative estimate of drug-likeness (QED) is 0.642. The van der Waals surface area contributed by atoms with E-state index in [2.05, 4.69) is 5.32 Å². The van der Waals surface area contributed by atoms with Crippen molar-refractivity contribution in [1.29, 1.82) is 0 Å². The van der Waals surface area contributed by atoms with Gasteiger partial charge in [-0.2, -0.15) is 0 Å². The van der Waals surface area contributed by atoms with Crippen LogP contribution in [0.1, 0.15) is 29.7 Å². The molecule has 4 unspecified atom stereocenters. The van der Waals surface area contributed by atoms with Crippen molar-refractivity contribution in [2.75, 3.05) is 12.0 Å². The lowest BCUT2D eigenvalue weighted by Crippen LogP contribution is -2.54. The summed E-state index contributed by atoms with van der Waals surface area (Å²) in [6, 6.07) is 14.6. The summed E-state index contributed by atoms with van der Waals surface area (Å²) in [7, 11) is 1.29. The number of benzene rings is 2. The van der Waals surface area contributed by atoms with Gasteiger partial charge < -0.3 is 4.74 Å². The average Bonchev–Trinajstić information content (AvgIpc) is 3.17. The third-order valence-electron chi connectivity index (χ3n) is 6.13. The summed E-state index contributed by atoms with van der Waals surface area (Å²) < 4.78 is 5.01. The second-order valence-corrected chi connectivity index (χ2v) is 8.08. The first kappa shape index (κ1) is 19.3. The van der Waals surface area contributed by atoms with Gasteiger partial charge in [-0.25, -0.2) is 4.90 Å². The summed E-state index contributed by atoms with van der Waals surface area (Å²) in [5.41, 5.74) is 2.22. The van der Waals surface area contributed by atoms with Crippen molar-refractivity contribution in [2.24, 2.45) is 11.8 Å². The highest BCUT2D eigenvalue weighted by atomic mass is 16.5. The van der Waals surface area contributed by atoms with Crippen molar-refractivity contribution in [3.05, 3.63) is 65.2 Å². The van der Waals surface area contributed by atoms with Crippen LogP contribution in [0.4, 0.5) is 5.69 Å². The minimum atomic E-state index is -1.29. The maximum absolute atomic E-state index is 13.4. The van der Waals surface area contributed by atoms with E-state index in [9.17, 15) is 14.4 Å². The molecule has 2 aromatic rings. The van der Waals surface area contributed by atoms with Crippen molar-refractivity contribution in [3.8, 4) is 0 Å². The predicted octanol–water partition coefficient (Wildman–Crippen LogP) is 2.69. The Hall–Kier alpha value is -2.99. The van der Waals surface area contributed by atoms with Gasteiger partial charge in [0.1, 0.15) is 5.54 Å². The van der Waals surface area contributed by atoms with Gasteiger partial charge in [-0.15, -0.1) is 0 Å². The third kappa shape index (κ3) is 2.86. The van der Waals surface area contributed by atoms with Crippen molar-refractivity contribution in [3.63, 3.8) is 0 Å². The normalized spacial score (nSPS) is 28.6. The maximum atomic E-state index is 13.4. The number of fused-ring (bicyclic) bond motifs is 1. The first-order valence-electron chi connectivity index (χ1n) is 9.65. The summed E-state index contributed by atoms with van der Waals surface area (Å²) in [4.78, 5) is 40.8. The summed E-state index contributed by atoms with van der Waals surface area (Å²) in [6.45, 7) is 5.57. The van der Waals surface area contributed by atoms with E-state index in [1.807, 2.05) is 50.2 Å². The van der Waals surface area contributed by atoms with Gasteiger partial charge in [0.25, 0.3) is 0 Å². The van der Waals surface area contributed by atoms with Gasteiger partial charge in [-0.05, 0) is 38.5 Å². The second-order valence-electron chi connectivity index (χ2n) is 8.08. The van der Waals surface area contributed by atoms with Crippen LogP contribution < -0.4 is 10.2 Å². The van der Waals surface area contributed by atoms with Crippen LogP contribution in [0.5, 0.6) is 0 Å². The Morgan fingerprint density at radius 2 is 1.52 bits per heavy atom. The molecule has 0 spiro atoms. The van der Waals surface area contributed by atoms with E-state index in [0.717, 1.165) is 16.7 Å². The van der Waals surface area contributed by atoms with Gasteiger partial charge in [-0.1, -0.05) is 47.5 Å². The molecule has 0 aliphatic carbocycles. The number of nitrogens with one attached hydrogen (secondary N) is 1. The van der Waals surface area contributed by atoms with Crippen LogP contribution in [0.2, 0.25) is 0 Å². The van der Waals surface area contributed by atoms with Gasteiger partial charge in [0, 0.05) is 6.04 Å². The van der Waals surface area contributed by atoms with Crippen LogP contribution in [0.15, 0.2) is 48.5 Å². The number of carbonyl (C=O) groups is 3. The zero-order chi connectivity index (χ0) is 20.9. The van der Waals surface area contributed by atoms with Crippen LogP contribution in [0.25, 0.3) is 0 Å². The zero-order valence-corrected chi connectivity index (χ0v) is 16.9. The van der Waals surface area contributed by atoms with Gasteiger partial charge in [0.05, 0.1) is 24.6 Å². The van der Waals surface area contributed by atoms with Crippen LogP contribution in [0.3, 0.4) is 0 Å². The maximum Gasteiger partial charge on any atom is 0.326 e. The van der Waals surface area contributed by atoms with Crippen molar-refractivity contribution in [2.45, 2.75) is 32.4 Å². The fourth-order valence-electron chi connectivity index (χ4n) is 4.55. The molecule has 2 heterocycles. The van der Waals surface area contributed by atoms with E-state index in [1.165, 1.54) is 12.0 Å². The fraction of sp³-hybridized carbons (Fsp3) is 0.348. The van der Waals surface area contributed by atoms with Crippen molar-refractivity contribution >= 4 is 23.5 Å². The number of nitrogens with zero attached hydrogens (tertiary/aromatic N) is 1. The molecule has 0 saturated carbocycles. The highest BCUT2D eigenvalue weighted by molar-refractivity contribution is 6.24. The number of amides is 2. The number of hydrogen-bond acceptors (Lipinski definition) is 5. The number of hydrogen-bond donors (Lipinski definition) is 1. The topological polar surface area (TPSA) is 75.7 Å². The third-order valence-corrected chi connectivity index (χ3v) is 6.13. The number of anilines is 1. The lowest BCUT2D eigenvalue weighted by molar-refractivity contribution is -0.151. The van der Waals surface area contributed by atoms with Gasteiger partial charge in [0.2, 0.25) is 11.8 Å². The predicted molar refractivity (Wildman–Crippen MR) is 108 cm³/mol. The minimum absolute atomic E-state index is 0.297. The summed E-state index contributed by atoms with van der Waals surface area (Å²) >= 11 is 0. The van der Waals surface area contributed by atoms with E-state index in [4.69, 9.17) is 4.74 Å². The summed E-state index contributed by atoms with van der Waals surface area (Å²) in [5.74, 6) is -2.74. The van der Waals surface area contributed by atoms with Crippen LogP contribution in [-0.2, 0) is 19.1 Å². The molecule has 1 N–H and O–H groups in total. The van der Waals surface area contributed by atoms with E-state index in [-0.39, 0.29) is 11.8 Å². The molecule has 2 fully saturated rings. The molecule has 2 amide bonds. The van der Waals surface area contributed by atoms with Gasteiger partial charge >= 0.3 is 5.97 Å². The molecule has 4 atom stereocenters. The number of aryl methyl sites for hydroxylation is 2. The van der Waals surface area contributed by atoms with E-state index >= 15 is 0 Å². The molecule has 0 aromatic heterocycles. The van der Waals surface area contributed by atoms with Crippen molar-refractivity contribution in [1.82, 2.24) is 5.32 Å². The SMILES string of the molecule is COC(=O)C1(C)NC(c2ccc(C)cc2)C2C(=O)N(c3ccc(C)cc3)C(=O)C21. The van der Waals surface area contributed by atoms with Crippen LogP contribution in [-0.4, -0.2) is 30.4 Å². The van der Waals surface area contributed by atoms with E-state index < -0.39 is 29.4 Å². The largest absolute Gasteiger partial charge is 0.468 e. The zero-order valence-electron chi connectivity index (χ0n) is 16.9. The van der Waals surface area contributed by atoms with Crippen LogP contribution in [0, 0.1) is 25.7 Å². The average molecular weight is 392 g/mol. The van der Waals surface area contributed by atoms with Gasteiger partial charge in [-0.3, -0.25) is 19.7 Å². The first-order chi connectivity index (χ1) is 13.8. The molecule has 6 heteroatoms. The Kier molecular flexibility index (Phi) is 4.54. The van der Waals surface area contributed by atoms with Gasteiger partial charge in [0.15, 0.2) is 0 Å². The van der Waals surface area contributed by atoms with E-state index in [1.54, 1.807) is 19.1 Å².